The highest BCUT2D eigenvalue weighted by Crippen LogP contribution is 2.27. The predicted molar refractivity (Wildman–Crippen MR) is 69.2 cm³/mol. The molecule has 0 aliphatic carbocycles. The molecule has 0 aromatic heterocycles. The number of hydrogen-bond acceptors (Lipinski definition) is 4. The Morgan fingerprint density at radius 1 is 1.33 bits per heavy atom. The van der Waals surface area contributed by atoms with Crippen LogP contribution in [-0.4, -0.2) is 43.4 Å². The number of amides is 2. The van der Waals surface area contributed by atoms with E-state index in [4.69, 9.17) is 11.5 Å². The predicted octanol–water partition coefficient (Wildman–Crippen LogP) is -0.354. The molecule has 2 rings (SSSR count). The summed E-state index contributed by atoms with van der Waals surface area (Å²) in [6.45, 7) is 1.59. The van der Waals surface area contributed by atoms with Crippen LogP contribution in [0.3, 0.4) is 0 Å². The van der Waals surface area contributed by atoms with Crippen molar-refractivity contribution in [3.63, 3.8) is 0 Å². The first-order chi connectivity index (χ1) is 8.50. The number of likely N-dealkylation sites (N-methyl/N-ethyl adjacent to an activating group) is 1. The Morgan fingerprint density at radius 3 is 2.67 bits per heavy atom. The largest absolute Gasteiger partial charge is 0.396 e. The van der Waals surface area contributed by atoms with E-state index in [-0.39, 0.29) is 12.5 Å². The lowest BCUT2D eigenvalue weighted by Crippen LogP contribution is -2.48. The average Bonchev–Trinajstić information content (AvgIpc) is 2.33. The molecule has 1 aliphatic heterocycles. The van der Waals surface area contributed by atoms with Crippen molar-refractivity contribution in [2.24, 2.45) is 5.73 Å². The van der Waals surface area contributed by atoms with E-state index in [0.29, 0.717) is 30.0 Å². The molecule has 18 heavy (non-hydrogen) atoms. The summed E-state index contributed by atoms with van der Waals surface area (Å²) in [5, 5.41) is 0. The minimum absolute atomic E-state index is 0.0325. The molecule has 6 heteroatoms. The molecule has 1 aromatic rings. The lowest BCUT2D eigenvalue weighted by Gasteiger charge is -2.34. The van der Waals surface area contributed by atoms with Crippen LogP contribution >= 0.6 is 0 Å². The number of nitrogen functional groups attached to an aromatic ring is 1. The molecule has 0 atom stereocenters. The van der Waals surface area contributed by atoms with Gasteiger partial charge in [-0.1, -0.05) is 6.07 Å². The van der Waals surface area contributed by atoms with Crippen molar-refractivity contribution in [3.05, 3.63) is 23.8 Å². The highest BCUT2D eigenvalue weighted by molar-refractivity contribution is 6.01. The van der Waals surface area contributed by atoms with Gasteiger partial charge in [0.15, 0.2) is 0 Å². The van der Waals surface area contributed by atoms with Gasteiger partial charge in [0.25, 0.3) is 5.91 Å². The van der Waals surface area contributed by atoms with E-state index in [0.717, 1.165) is 0 Å². The van der Waals surface area contributed by atoms with Gasteiger partial charge in [0.05, 0.1) is 23.5 Å². The average molecular weight is 248 g/mol. The topological polar surface area (TPSA) is 92.7 Å². The first kappa shape index (κ1) is 12.2. The normalized spacial score (nSPS) is 15.9. The van der Waals surface area contributed by atoms with E-state index in [2.05, 4.69) is 0 Å². The van der Waals surface area contributed by atoms with Gasteiger partial charge in [-0.15, -0.1) is 0 Å². The summed E-state index contributed by atoms with van der Waals surface area (Å²) in [6.07, 6.45) is 0. The molecule has 0 spiro atoms. The van der Waals surface area contributed by atoms with Gasteiger partial charge in [0.1, 0.15) is 0 Å². The van der Waals surface area contributed by atoms with E-state index in [9.17, 15) is 9.59 Å². The number of hydrogen-bond donors (Lipinski definition) is 2. The maximum absolute atomic E-state index is 11.7. The smallest absolute Gasteiger partial charge is 0.250 e. The van der Waals surface area contributed by atoms with Gasteiger partial charge < -0.3 is 21.3 Å². The zero-order valence-electron chi connectivity index (χ0n) is 10.2. The quantitative estimate of drug-likeness (QED) is 0.699. The van der Waals surface area contributed by atoms with Crippen molar-refractivity contribution in [2.45, 2.75) is 0 Å². The Balaban J connectivity index is 2.32. The Hall–Kier alpha value is -2.24. The summed E-state index contributed by atoms with van der Waals surface area (Å²) < 4.78 is 0. The van der Waals surface area contributed by atoms with Crippen LogP contribution in [0.1, 0.15) is 10.4 Å². The first-order valence-electron chi connectivity index (χ1n) is 5.68. The highest BCUT2D eigenvalue weighted by atomic mass is 16.2. The molecule has 4 N–H and O–H groups in total. The summed E-state index contributed by atoms with van der Waals surface area (Å²) in [5.41, 5.74) is 12.5. The molecular weight excluding hydrogens is 232 g/mol. The van der Waals surface area contributed by atoms with Crippen LogP contribution in [0.5, 0.6) is 0 Å². The number of rotatable bonds is 2. The molecule has 6 nitrogen and oxygen atoms in total. The summed E-state index contributed by atoms with van der Waals surface area (Å²) >= 11 is 0. The molecule has 1 aliphatic rings. The zero-order valence-corrected chi connectivity index (χ0v) is 10.2. The van der Waals surface area contributed by atoms with Gasteiger partial charge in [0.2, 0.25) is 5.91 Å². The van der Waals surface area contributed by atoms with Crippen molar-refractivity contribution in [2.75, 3.05) is 37.3 Å². The third-order valence-corrected chi connectivity index (χ3v) is 3.15. The summed E-state index contributed by atoms with van der Waals surface area (Å²) in [6, 6.07) is 5.09. The number of carbonyl (C=O) groups excluding carboxylic acids is 2. The Morgan fingerprint density at radius 2 is 2.06 bits per heavy atom. The molecule has 1 aromatic carbocycles. The molecular formula is C12H16N4O2. The van der Waals surface area contributed by atoms with Gasteiger partial charge in [0, 0.05) is 20.1 Å². The Labute approximate surface area is 105 Å². The van der Waals surface area contributed by atoms with Crippen molar-refractivity contribution in [1.82, 2.24) is 4.90 Å². The molecule has 0 unspecified atom stereocenters. The Bertz CT molecular complexity index is 501. The second-order valence-corrected chi connectivity index (χ2v) is 4.34. The summed E-state index contributed by atoms with van der Waals surface area (Å²) in [4.78, 5) is 26.4. The monoisotopic (exact) mass is 248 g/mol. The minimum atomic E-state index is -0.560. The van der Waals surface area contributed by atoms with E-state index in [1.165, 1.54) is 0 Å². The van der Waals surface area contributed by atoms with Gasteiger partial charge in [-0.3, -0.25) is 9.59 Å². The third kappa shape index (κ3) is 2.09. The fraction of sp³-hybridized carbons (Fsp3) is 0.333. The molecule has 1 heterocycles. The molecule has 1 fully saturated rings. The summed E-state index contributed by atoms with van der Waals surface area (Å²) in [5.74, 6) is -0.528. The number of nitrogens with zero attached hydrogens (tertiary/aromatic N) is 2. The molecule has 1 saturated heterocycles. The van der Waals surface area contributed by atoms with Gasteiger partial charge in [-0.2, -0.15) is 0 Å². The fourth-order valence-corrected chi connectivity index (χ4v) is 2.01. The van der Waals surface area contributed by atoms with Crippen LogP contribution in [0.2, 0.25) is 0 Å². The van der Waals surface area contributed by atoms with Crippen molar-refractivity contribution in [3.8, 4) is 0 Å². The van der Waals surface area contributed by atoms with E-state index >= 15 is 0 Å². The van der Waals surface area contributed by atoms with Crippen LogP contribution in [0.4, 0.5) is 11.4 Å². The highest BCUT2D eigenvalue weighted by Gasteiger charge is 2.23. The van der Waals surface area contributed by atoms with Crippen LogP contribution in [0.15, 0.2) is 18.2 Å². The molecule has 0 radical (unpaired) electrons. The number of piperazine rings is 1. The number of benzene rings is 1. The first-order valence-corrected chi connectivity index (χ1v) is 5.68. The van der Waals surface area contributed by atoms with Gasteiger partial charge in [-0.25, -0.2) is 0 Å². The summed E-state index contributed by atoms with van der Waals surface area (Å²) in [7, 11) is 1.77. The lowest BCUT2D eigenvalue weighted by atomic mass is 10.1. The van der Waals surface area contributed by atoms with Gasteiger partial charge >= 0.3 is 0 Å². The minimum Gasteiger partial charge on any atom is -0.396 e. The van der Waals surface area contributed by atoms with Crippen molar-refractivity contribution in [1.29, 1.82) is 0 Å². The maximum Gasteiger partial charge on any atom is 0.250 e. The zero-order chi connectivity index (χ0) is 13.3. The second kappa shape index (κ2) is 4.56. The van der Waals surface area contributed by atoms with Crippen LogP contribution in [0.25, 0.3) is 0 Å². The van der Waals surface area contributed by atoms with E-state index in [1.807, 2.05) is 4.90 Å². The third-order valence-electron chi connectivity index (χ3n) is 3.15. The lowest BCUT2D eigenvalue weighted by molar-refractivity contribution is -0.129. The fourth-order valence-electron chi connectivity index (χ4n) is 2.01. The number of nitrogens with two attached hydrogens (primary N) is 2. The van der Waals surface area contributed by atoms with Crippen molar-refractivity contribution < 1.29 is 9.59 Å². The maximum atomic E-state index is 11.7. The van der Waals surface area contributed by atoms with Gasteiger partial charge in [-0.05, 0) is 12.1 Å². The number of para-hydroxylation sites is 1. The molecule has 0 bridgehead atoms. The van der Waals surface area contributed by atoms with Crippen LogP contribution < -0.4 is 16.4 Å². The van der Waals surface area contributed by atoms with Crippen LogP contribution in [0, 0.1) is 0 Å². The van der Waals surface area contributed by atoms with Crippen molar-refractivity contribution >= 4 is 23.2 Å². The Kier molecular flexibility index (Phi) is 3.10. The molecule has 0 saturated carbocycles. The number of carbonyl (C=O) groups is 2. The van der Waals surface area contributed by atoms with E-state index < -0.39 is 5.91 Å². The van der Waals surface area contributed by atoms with Crippen LogP contribution in [-0.2, 0) is 4.79 Å². The molecule has 2 amide bonds. The standard InChI is InChI=1S/C12H16N4O2/c1-15-5-6-16(7-10(15)17)9-4-2-3-8(11(9)13)12(14)18/h2-4H,5-7,13H2,1H3,(H2,14,18). The van der Waals surface area contributed by atoms with E-state index in [1.54, 1.807) is 30.1 Å². The SMILES string of the molecule is CN1CCN(c2cccc(C(N)=O)c2N)CC1=O. The second-order valence-electron chi connectivity index (χ2n) is 4.34. The number of anilines is 2. The number of primary amides is 1. The molecule has 96 valence electrons.